The lowest BCUT2D eigenvalue weighted by atomic mass is 9.80. The number of carboxylic acid groups (broad SMARTS) is 1. The SMILES string of the molecule is O=C(COc1ccc(F)cc1)NC1CC(C(=O)O)C1. The van der Waals surface area contributed by atoms with Crippen LogP contribution in [0.4, 0.5) is 4.39 Å². The van der Waals surface area contributed by atoms with Crippen LogP contribution in [0, 0.1) is 11.7 Å². The number of hydrogen-bond acceptors (Lipinski definition) is 3. The summed E-state index contributed by atoms with van der Waals surface area (Å²) in [6, 6.07) is 5.27. The van der Waals surface area contributed by atoms with Crippen LogP contribution in [-0.4, -0.2) is 29.6 Å². The van der Waals surface area contributed by atoms with Crippen LogP contribution in [0.2, 0.25) is 0 Å². The van der Waals surface area contributed by atoms with Gasteiger partial charge < -0.3 is 15.2 Å². The molecule has 1 aliphatic carbocycles. The Morgan fingerprint density at radius 1 is 1.32 bits per heavy atom. The van der Waals surface area contributed by atoms with Crippen molar-refractivity contribution in [1.29, 1.82) is 0 Å². The molecule has 2 N–H and O–H groups in total. The van der Waals surface area contributed by atoms with Crippen LogP contribution in [0.15, 0.2) is 24.3 Å². The third-order valence-electron chi connectivity index (χ3n) is 3.04. The lowest BCUT2D eigenvalue weighted by molar-refractivity contribution is -0.146. The molecule has 1 saturated carbocycles. The minimum atomic E-state index is -0.826. The smallest absolute Gasteiger partial charge is 0.306 e. The number of amides is 1. The van der Waals surface area contributed by atoms with E-state index in [-0.39, 0.29) is 30.3 Å². The molecule has 0 aliphatic heterocycles. The molecule has 0 aromatic heterocycles. The Morgan fingerprint density at radius 2 is 1.95 bits per heavy atom. The summed E-state index contributed by atoms with van der Waals surface area (Å²) in [5.74, 6) is -1.45. The largest absolute Gasteiger partial charge is 0.484 e. The Kier molecular flexibility index (Phi) is 3.99. The van der Waals surface area contributed by atoms with E-state index < -0.39 is 5.97 Å². The highest BCUT2D eigenvalue weighted by atomic mass is 19.1. The summed E-state index contributed by atoms with van der Waals surface area (Å²) in [7, 11) is 0. The van der Waals surface area contributed by atoms with E-state index in [9.17, 15) is 14.0 Å². The maximum Gasteiger partial charge on any atom is 0.306 e. The molecule has 1 fully saturated rings. The van der Waals surface area contributed by atoms with Crippen LogP contribution in [0.25, 0.3) is 0 Å². The lowest BCUT2D eigenvalue weighted by Crippen LogP contribution is -2.48. The van der Waals surface area contributed by atoms with E-state index in [4.69, 9.17) is 9.84 Å². The average Bonchev–Trinajstić information content (AvgIpc) is 2.32. The van der Waals surface area contributed by atoms with Crippen molar-refractivity contribution >= 4 is 11.9 Å². The molecule has 1 aliphatic rings. The zero-order valence-corrected chi connectivity index (χ0v) is 10.1. The van der Waals surface area contributed by atoms with Gasteiger partial charge in [-0.2, -0.15) is 0 Å². The maximum absolute atomic E-state index is 12.6. The van der Waals surface area contributed by atoms with Crippen LogP contribution in [-0.2, 0) is 9.59 Å². The molecule has 2 rings (SSSR count). The van der Waals surface area contributed by atoms with Gasteiger partial charge in [0.2, 0.25) is 0 Å². The van der Waals surface area contributed by atoms with Gasteiger partial charge in [0.1, 0.15) is 11.6 Å². The second-order valence-corrected chi connectivity index (χ2v) is 4.51. The van der Waals surface area contributed by atoms with Gasteiger partial charge in [-0.25, -0.2) is 4.39 Å². The third-order valence-corrected chi connectivity index (χ3v) is 3.04. The molecular weight excluding hydrogens is 253 g/mol. The van der Waals surface area contributed by atoms with E-state index in [0.29, 0.717) is 18.6 Å². The molecule has 0 unspecified atom stereocenters. The van der Waals surface area contributed by atoms with Crippen LogP contribution >= 0.6 is 0 Å². The number of ether oxygens (including phenoxy) is 1. The van der Waals surface area contributed by atoms with E-state index in [1.54, 1.807) is 0 Å². The second kappa shape index (κ2) is 5.69. The van der Waals surface area contributed by atoms with E-state index >= 15 is 0 Å². The van der Waals surface area contributed by atoms with Gasteiger partial charge in [-0.05, 0) is 37.1 Å². The molecule has 0 atom stereocenters. The number of halogens is 1. The molecule has 0 radical (unpaired) electrons. The number of hydrogen-bond donors (Lipinski definition) is 2. The molecule has 0 saturated heterocycles. The first-order valence-corrected chi connectivity index (χ1v) is 5.95. The first-order chi connectivity index (χ1) is 9.04. The normalized spacial score (nSPS) is 21.3. The Labute approximate surface area is 109 Å². The number of nitrogens with one attached hydrogen (secondary N) is 1. The fraction of sp³-hybridized carbons (Fsp3) is 0.385. The molecule has 102 valence electrons. The van der Waals surface area contributed by atoms with E-state index in [0.717, 1.165) is 0 Å². The lowest BCUT2D eigenvalue weighted by Gasteiger charge is -2.32. The van der Waals surface area contributed by atoms with Gasteiger partial charge in [0.15, 0.2) is 6.61 Å². The summed E-state index contributed by atoms with van der Waals surface area (Å²) in [5, 5.41) is 11.4. The maximum atomic E-state index is 12.6. The van der Waals surface area contributed by atoms with Gasteiger partial charge in [0.05, 0.1) is 5.92 Å². The van der Waals surface area contributed by atoms with Crippen molar-refractivity contribution in [1.82, 2.24) is 5.32 Å². The highest BCUT2D eigenvalue weighted by Gasteiger charge is 2.35. The summed E-state index contributed by atoms with van der Waals surface area (Å²) in [6.07, 6.45) is 0.912. The summed E-state index contributed by atoms with van der Waals surface area (Å²) in [6.45, 7) is -0.167. The Bertz CT molecular complexity index is 468. The van der Waals surface area contributed by atoms with E-state index in [1.165, 1.54) is 24.3 Å². The summed E-state index contributed by atoms with van der Waals surface area (Å²) in [4.78, 5) is 22.1. The van der Waals surface area contributed by atoms with E-state index in [1.807, 2.05) is 0 Å². The average molecular weight is 267 g/mol. The highest BCUT2D eigenvalue weighted by Crippen LogP contribution is 2.27. The van der Waals surface area contributed by atoms with Crippen LogP contribution in [0.3, 0.4) is 0 Å². The molecule has 1 aromatic carbocycles. The topological polar surface area (TPSA) is 75.6 Å². The summed E-state index contributed by atoms with van der Waals surface area (Å²) < 4.78 is 17.8. The van der Waals surface area contributed by atoms with Gasteiger partial charge >= 0.3 is 5.97 Å². The van der Waals surface area contributed by atoms with Gasteiger partial charge in [-0.15, -0.1) is 0 Å². The fourth-order valence-electron chi connectivity index (χ4n) is 1.89. The first-order valence-electron chi connectivity index (χ1n) is 5.95. The van der Waals surface area contributed by atoms with Crippen LogP contribution in [0.1, 0.15) is 12.8 Å². The number of aliphatic carboxylic acids is 1. The fourth-order valence-corrected chi connectivity index (χ4v) is 1.89. The minimum absolute atomic E-state index is 0.0922. The molecule has 19 heavy (non-hydrogen) atoms. The van der Waals surface area contributed by atoms with Gasteiger partial charge in [0, 0.05) is 6.04 Å². The number of carboxylic acids is 1. The predicted octanol–water partition coefficient (Wildman–Crippen LogP) is 1.18. The Morgan fingerprint density at radius 3 is 2.53 bits per heavy atom. The number of benzene rings is 1. The Balaban J connectivity index is 1.68. The van der Waals surface area contributed by atoms with Gasteiger partial charge in [0.25, 0.3) is 5.91 Å². The first kappa shape index (κ1) is 13.3. The zero-order valence-electron chi connectivity index (χ0n) is 10.1. The van der Waals surface area contributed by atoms with Crippen molar-refractivity contribution in [2.45, 2.75) is 18.9 Å². The monoisotopic (exact) mass is 267 g/mol. The standard InChI is InChI=1S/C13H14FNO4/c14-9-1-3-11(4-2-9)19-7-12(16)15-10-5-8(6-10)13(17)18/h1-4,8,10H,5-7H2,(H,15,16)(H,17,18). The zero-order chi connectivity index (χ0) is 13.8. The number of carbonyl (C=O) groups is 2. The molecule has 5 nitrogen and oxygen atoms in total. The third kappa shape index (κ3) is 3.67. The highest BCUT2D eigenvalue weighted by molar-refractivity contribution is 5.78. The van der Waals surface area contributed by atoms with Gasteiger partial charge in [-0.1, -0.05) is 0 Å². The van der Waals surface area contributed by atoms with Crippen molar-refractivity contribution in [3.63, 3.8) is 0 Å². The van der Waals surface area contributed by atoms with Crippen LogP contribution in [0.5, 0.6) is 5.75 Å². The molecule has 1 amide bonds. The Hall–Kier alpha value is -2.11. The van der Waals surface area contributed by atoms with Crippen molar-refractivity contribution in [3.05, 3.63) is 30.1 Å². The summed E-state index contributed by atoms with van der Waals surface area (Å²) in [5.41, 5.74) is 0. The minimum Gasteiger partial charge on any atom is -0.484 e. The molecule has 0 spiro atoms. The molecule has 1 aromatic rings. The predicted molar refractivity (Wildman–Crippen MR) is 64.2 cm³/mol. The molecule has 6 heteroatoms. The molecular formula is C13H14FNO4. The van der Waals surface area contributed by atoms with Gasteiger partial charge in [-0.3, -0.25) is 9.59 Å². The molecule has 0 bridgehead atoms. The molecule has 0 heterocycles. The van der Waals surface area contributed by atoms with Crippen molar-refractivity contribution in [3.8, 4) is 5.75 Å². The van der Waals surface area contributed by atoms with Crippen molar-refractivity contribution in [2.24, 2.45) is 5.92 Å². The quantitative estimate of drug-likeness (QED) is 0.840. The second-order valence-electron chi connectivity index (χ2n) is 4.51. The van der Waals surface area contributed by atoms with Crippen molar-refractivity contribution < 1.29 is 23.8 Å². The van der Waals surface area contributed by atoms with Crippen LogP contribution < -0.4 is 10.1 Å². The number of rotatable bonds is 5. The van der Waals surface area contributed by atoms with E-state index in [2.05, 4.69) is 5.32 Å². The summed E-state index contributed by atoms with van der Waals surface area (Å²) >= 11 is 0. The van der Waals surface area contributed by atoms with Crippen molar-refractivity contribution in [2.75, 3.05) is 6.61 Å². The number of carbonyl (C=O) groups excluding carboxylic acids is 1.